The molecule has 1 unspecified atom stereocenters. The number of Topliss-reactive ketones (excluding diaryl/α,β-unsaturated/α-hetero) is 1. The van der Waals surface area contributed by atoms with Gasteiger partial charge in [0.15, 0.2) is 0 Å². The van der Waals surface area contributed by atoms with Crippen LogP contribution in [-0.4, -0.2) is 18.4 Å². The first kappa shape index (κ1) is 20.7. The largest absolute Gasteiger partial charge is 0.465 e. The molecule has 0 bridgehead atoms. The van der Waals surface area contributed by atoms with Crippen molar-refractivity contribution in [3.05, 3.63) is 36.0 Å². The summed E-state index contributed by atoms with van der Waals surface area (Å²) in [4.78, 5) is 25.6. The Morgan fingerprint density at radius 3 is 2.77 bits per heavy atom. The van der Waals surface area contributed by atoms with E-state index < -0.39 is 5.41 Å². The molecule has 0 amide bonds. The Labute approximate surface area is 158 Å². The number of ketones is 1. The molecule has 3 nitrogen and oxygen atoms in total. The van der Waals surface area contributed by atoms with Crippen LogP contribution in [0.2, 0.25) is 0 Å². The van der Waals surface area contributed by atoms with Gasteiger partial charge in [0.2, 0.25) is 0 Å². The molecule has 26 heavy (non-hydrogen) atoms. The summed E-state index contributed by atoms with van der Waals surface area (Å²) >= 11 is 0. The minimum atomic E-state index is -1.03. The molecule has 0 heterocycles. The molecular weight excluding hydrogens is 324 g/mol. The summed E-state index contributed by atoms with van der Waals surface area (Å²) in [6, 6.07) is 0. The predicted octanol–water partition coefficient (Wildman–Crippen LogP) is 5.56. The van der Waals surface area contributed by atoms with Crippen molar-refractivity contribution in [2.24, 2.45) is 16.7 Å². The van der Waals surface area contributed by atoms with Gasteiger partial charge in [0.1, 0.15) is 11.2 Å². The topological polar surface area (TPSA) is 43.4 Å². The Morgan fingerprint density at radius 1 is 1.38 bits per heavy atom. The van der Waals surface area contributed by atoms with Crippen molar-refractivity contribution in [3.63, 3.8) is 0 Å². The third-order valence-electron chi connectivity index (χ3n) is 6.30. The van der Waals surface area contributed by atoms with Crippen LogP contribution in [-0.2, 0) is 14.3 Å². The van der Waals surface area contributed by atoms with E-state index in [0.717, 1.165) is 38.5 Å². The van der Waals surface area contributed by atoms with Gasteiger partial charge in [-0.15, -0.1) is 6.58 Å². The van der Waals surface area contributed by atoms with Gasteiger partial charge < -0.3 is 4.74 Å². The highest BCUT2D eigenvalue weighted by molar-refractivity contribution is 6.04. The van der Waals surface area contributed by atoms with Crippen molar-refractivity contribution in [2.45, 2.75) is 72.6 Å². The lowest BCUT2D eigenvalue weighted by Crippen LogP contribution is -2.53. The lowest BCUT2D eigenvalue weighted by atomic mass is 9.53. The first-order valence-corrected chi connectivity index (χ1v) is 9.94. The van der Waals surface area contributed by atoms with E-state index in [9.17, 15) is 9.59 Å². The average molecular weight is 359 g/mol. The van der Waals surface area contributed by atoms with Crippen molar-refractivity contribution in [3.8, 4) is 0 Å². The van der Waals surface area contributed by atoms with Crippen molar-refractivity contribution in [2.75, 3.05) is 6.61 Å². The molecule has 3 atom stereocenters. The maximum atomic E-state index is 12.8. The molecule has 0 spiro atoms. The van der Waals surface area contributed by atoms with Gasteiger partial charge in [-0.2, -0.15) is 0 Å². The number of hydrogen-bond donors (Lipinski definition) is 0. The molecular formula is C23H34O3. The Balaban J connectivity index is 2.30. The lowest BCUT2D eigenvalue weighted by Gasteiger charge is -2.49. The number of ether oxygens (including phenoxy) is 1. The molecule has 0 radical (unpaired) electrons. The summed E-state index contributed by atoms with van der Waals surface area (Å²) in [7, 11) is 0. The number of fused-ring (bicyclic) bond motifs is 1. The van der Waals surface area contributed by atoms with Gasteiger partial charge in [-0.05, 0) is 70.6 Å². The summed E-state index contributed by atoms with van der Waals surface area (Å²) in [6.07, 6.45) is 12.8. The van der Waals surface area contributed by atoms with Gasteiger partial charge in [-0.1, -0.05) is 36.3 Å². The number of allylic oxidation sites excluding steroid dienone is 5. The molecule has 0 aromatic rings. The van der Waals surface area contributed by atoms with Crippen molar-refractivity contribution >= 4 is 11.8 Å². The fourth-order valence-corrected chi connectivity index (χ4v) is 4.64. The van der Waals surface area contributed by atoms with E-state index in [0.29, 0.717) is 13.0 Å². The van der Waals surface area contributed by atoms with Crippen LogP contribution < -0.4 is 0 Å². The smallest absolute Gasteiger partial charge is 0.319 e. The molecule has 2 rings (SSSR count). The Morgan fingerprint density at radius 2 is 2.12 bits per heavy atom. The van der Waals surface area contributed by atoms with Gasteiger partial charge in [0.25, 0.3) is 0 Å². The molecule has 3 heteroatoms. The highest BCUT2D eigenvalue weighted by Gasteiger charge is 2.57. The zero-order valence-corrected chi connectivity index (χ0v) is 16.9. The summed E-state index contributed by atoms with van der Waals surface area (Å²) in [5.41, 5.74) is 1.43. The third kappa shape index (κ3) is 4.19. The van der Waals surface area contributed by atoms with E-state index in [-0.39, 0.29) is 23.1 Å². The van der Waals surface area contributed by atoms with Gasteiger partial charge in [-0.3, -0.25) is 9.59 Å². The highest BCUT2D eigenvalue weighted by Crippen LogP contribution is 2.54. The van der Waals surface area contributed by atoms with E-state index in [1.165, 1.54) is 11.1 Å². The number of rotatable bonds is 5. The fourth-order valence-electron chi connectivity index (χ4n) is 4.64. The molecule has 1 saturated carbocycles. The summed E-state index contributed by atoms with van der Waals surface area (Å²) in [5.74, 6) is -0.320. The lowest BCUT2D eigenvalue weighted by molar-refractivity contribution is -0.169. The zero-order chi connectivity index (χ0) is 19.4. The molecule has 2 aliphatic carbocycles. The SMILES string of the molecule is C=C(C)CC/C=C1\C/C=C\C2(C)CCC(=O)[C@@](C)(C(=O)OCC)[C@H]2CC1. The molecule has 1 fully saturated rings. The maximum absolute atomic E-state index is 12.8. The second-order valence-electron chi connectivity index (χ2n) is 8.41. The molecule has 0 aromatic carbocycles. The van der Waals surface area contributed by atoms with Crippen molar-refractivity contribution in [1.82, 2.24) is 0 Å². The van der Waals surface area contributed by atoms with Gasteiger partial charge in [0, 0.05) is 6.42 Å². The Bertz CT molecular complexity index is 627. The standard InChI is InChI=1S/C23H34O3/c1-6-26-21(25)23(5)19-13-12-18(10-7-9-17(2)3)11-8-15-22(19,4)16-14-20(23)24/h8,10,15,19H,2,6-7,9,11-14,16H2,1,3-5H3/b15-8-,18-10+/t19-,22?,23-/m0/s1. The highest BCUT2D eigenvalue weighted by atomic mass is 16.5. The van der Waals surface area contributed by atoms with Crippen LogP contribution >= 0.6 is 0 Å². The fraction of sp³-hybridized carbons (Fsp3) is 0.652. The second-order valence-corrected chi connectivity index (χ2v) is 8.41. The average Bonchev–Trinajstić information content (AvgIpc) is 2.56. The minimum absolute atomic E-state index is 0.0172. The van der Waals surface area contributed by atoms with Gasteiger partial charge in [0.05, 0.1) is 6.61 Å². The quantitative estimate of drug-likeness (QED) is 0.367. The zero-order valence-electron chi connectivity index (χ0n) is 16.9. The van der Waals surface area contributed by atoms with Crippen LogP contribution in [0.15, 0.2) is 36.0 Å². The second kappa shape index (κ2) is 8.37. The van der Waals surface area contributed by atoms with E-state index in [4.69, 9.17) is 4.74 Å². The van der Waals surface area contributed by atoms with Gasteiger partial charge in [-0.25, -0.2) is 0 Å². The van der Waals surface area contributed by atoms with Crippen LogP contribution in [0.25, 0.3) is 0 Å². The number of hydrogen-bond acceptors (Lipinski definition) is 3. The molecule has 144 valence electrons. The van der Waals surface area contributed by atoms with E-state index in [2.05, 4.69) is 38.7 Å². The first-order valence-electron chi connectivity index (χ1n) is 9.94. The molecule has 0 saturated heterocycles. The normalized spacial score (nSPS) is 34.5. The van der Waals surface area contributed by atoms with E-state index >= 15 is 0 Å². The van der Waals surface area contributed by atoms with Gasteiger partial charge >= 0.3 is 5.97 Å². The maximum Gasteiger partial charge on any atom is 0.319 e. The molecule has 0 N–H and O–H groups in total. The summed E-state index contributed by atoms with van der Waals surface area (Å²) < 4.78 is 5.33. The summed E-state index contributed by atoms with van der Waals surface area (Å²) in [5, 5.41) is 0. The number of carbonyl (C=O) groups excluding carboxylic acids is 2. The van der Waals surface area contributed by atoms with Crippen molar-refractivity contribution in [1.29, 1.82) is 0 Å². The Kier molecular flexibility index (Phi) is 6.65. The third-order valence-corrected chi connectivity index (χ3v) is 6.30. The van der Waals surface area contributed by atoms with Crippen LogP contribution in [0, 0.1) is 16.7 Å². The molecule has 2 aliphatic rings. The van der Waals surface area contributed by atoms with E-state index in [1.807, 2.05) is 6.92 Å². The van der Waals surface area contributed by atoms with Crippen LogP contribution in [0.5, 0.6) is 0 Å². The minimum Gasteiger partial charge on any atom is -0.465 e. The molecule has 0 aliphatic heterocycles. The molecule has 0 aromatic heterocycles. The van der Waals surface area contributed by atoms with Crippen LogP contribution in [0.3, 0.4) is 0 Å². The monoisotopic (exact) mass is 358 g/mol. The predicted molar refractivity (Wildman–Crippen MR) is 106 cm³/mol. The number of esters is 1. The van der Waals surface area contributed by atoms with Crippen LogP contribution in [0.1, 0.15) is 72.6 Å². The van der Waals surface area contributed by atoms with Crippen molar-refractivity contribution < 1.29 is 14.3 Å². The van der Waals surface area contributed by atoms with E-state index in [1.54, 1.807) is 6.92 Å². The number of carbonyl (C=O) groups is 2. The Hall–Kier alpha value is -1.64. The first-order chi connectivity index (χ1) is 12.2. The summed E-state index contributed by atoms with van der Waals surface area (Å²) in [6.45, 7) is 12.2. The van der Waals surface area contributed by atoms with Crippen LogP contribution in [0.4, 0.5) is 0 Å².